The lowest BCUT2D eigenvalue weighted by Crippen LogP contribution is -2.09. The van der Waals surface area contributed by atoms with Crippen molar-refractivity contribution in [3.8, 4) is 0 Å². The van der Waals surface area contributed by atoms with Gasteiger partial charge in [0.05, 0.1) is 11.9 Å². The summed E-state index contributed by atoms with van der Waals surface area (Å²) in [6.45, 7) is 0. The monoisotopic (exact) mass is 309 g/mol. The summed E-state index contributed by atoms with van der Waals surface area (Å²) < 4.78 is 2.50. The van der Waals surface area contributed by atoms with Crippen LogP contribution < -0.4 is 11.3 Å². The van der Waals surface area contributed by atoms with Crippen LogP contribution in [0.15, 0.2) is 12.3 Å². The van der Waals surface area contributed by atoms with E-state index in [2.05, 4.69) is 38.1 Å². The number of fused-ring (bicyclic) bond motifs is 1. The first kappa shape index (κ1) is 8.97. The molecule has 0 amide bonds. The van der Waals surface area contributed by atoms with Gasteiger partial charge in [0.15, 0.2) is 10.8 Å². The van der Waals surface area contributed by atoms with Crippen LogP contribution >= 0.6 is 34.2 Å². The van der Waals surface area contributed by atoms with Gasteiger partial charge >= 0.3 is 0 Å². The Morgan fingerprint density at radius 3 is 3.08 bits per heavy atom. The minimum Gasteiger partial charge on any atom is -0.321 e. The van der Waals surface area contributed by atoms with E-state index in [0.29, 0.717) is 16.5 Å². The fourth-order valence-corrected chi connectivity index (χ4v) is 1.68. The number of halogens is 2. The summed E-state index contributed by atoms with van der Waals surface area (Å²) in [4.78, 5) is 4.12. The van der Waals surface area contributed by atoms with Gasteiger partial charge in [0.25, 0.3) is 0 Å². The maximum absolute atomic E-state index is 5.77. The molecule has 0 saturated carbocycles. The van der Waals surface area contributed by atoms with Gasteiger partial charge in [-0.2, -0.15) is 5.10 Å². The minimum absolute atomic E-state index is 0.372. The van der Waals surface area contributed by atoms with E-state index in [4.69, 9.17) is 17.4 Å². The molecule has 2 heterocycles. The van der Waals surface area contributed by atoms with Gasteiger partial charge in [-0.05, 0) is 22.6 Å². The summed E-state index contributed by atoms with van der Waals surface area (Å²) in [7, 11) is 0. The molecule has 0 spiro atoms. The van der Waals surface area contributed by atoms with Gasteiger partial charge in [-0.25, -0.2) is 9.50 Å². The van der Waals surface area contributed by atoms with Gasteiger partial charge in [0.2, 0.25) is 0 Å². The zero-order chi connectivity index (χ0) is 9.42. The Morgan fingerprint density at radius 1 is 1.62 bits per heavy atom. The predicted molar refractivity (Wildman–Crippen MR) is 58.5 cm³/mol. The number of hydrogen-bond donors (Lipinski definition) is 2. The second-order valence-electron chi connectivity index (χ2n) is 2.34. The number of hydrogen-bond acceptors (Lipinski definition) is 4. The molecular formula is C6H5ClIN5. The van der Waals surface area contributed by atoms with Gasteiger partial charge in [-0.15, -0.1) is 0 Å². The molecule has 0 unspecified atom stereocenters. The number of nitrogen functional groups attached to an aromatic ring is 1. The second-order valence-corrected chi connectivity index (χ2v) is 3.83. The van der Waals surface area contributed by atoms with Crippen molar-refractivity contribution in [3.05, 3.63) is 21.1 Å². The van der Waals surface area contributed by atoms with Gasteiger partial charge in [-0.1, -0.05) is 11.6 Å². The molecule has 13 heavy (non-hydrogen) atoms. The summed E-state index contributed by atoms with van der Waals surface area (Å²) in [5, 5.41) is 4.43. The number of aromatic nitrogens is 3. The van der Waals surface area contributed by atoms with Crippen molar-refractivity contribution >= 4 is 45.5 Å². The summed E-state index contributed by atoms with van der Waals surface area (Å²) in [6, 6.07) is 1.62. The normalized spacial score (nSPS) is 10.7. The molecular weight excluding hydrogens is 304 g/mol. The van der Waals surface area contributed by atoms with E-state index in [1.165, 1.54) is 0 Å². The fraction of sp³-hybridized carbons (Fsp3) is 0. The molecule has 0 bridgehead atoms. The van der Waals surface area contributed by atoms with Gasteiger partial charge < -0.3 is 5.43 Å². The van der Waals surface area contributed by atoms with Gasteiger partial charge in [-0.3, -0.25) is 5.84 Å². The minimum atomic E-state index is 0.372. The zero-order valence-corrected chi connectivity index (χ0v) is 9.24. The van der Waals surface area contributed by atoms with Crippen molar-refractivity contribution in [1.29, 1.82) is 0 Å². The van der Waals surface area contributed by atoms with E-state index < -0.39 is 0 Å². The number of imidazole rings is 1. The lowest BCUT2D eigenvalue weighted by atomic mass is 10.5. The number of rotatable bonds is 1. The van der Waals surface area contributed by atoms with E-state index in [9.17, 15) is 0 Å². The Morgan fingerprint density at radius 2 is 2.38 bits per heavy atom. The lowest BCUT2D eigenvalue weighted by molar-refractivity contribution is 0.914. The summed E-state index contributed by atoms with van der Waals surface area (Å²) in [6.07, 6.45) is 1.69. The predicted octanol–water partition coefficient (Wildman–Crippen LogP) is 1.27. The molecule has 0 aliphatic rings. The third kappa shape index (κ3) is 1.45. The fourth-order valence-electron chi connectivity index (χ4n) is 1.02. The Hall–Kier alpha value is -0.600. The van der Waals surface area contributed by atoms with Crippen LogP contribution in [-0.4, -0.2) is 14.6 Å². The molecule has 0 aromatic carbocycles. The molecule has 0 aliphatic heterocycles. The smallest absolute Gasteiger partial charge is 0.179 e. The first-order valence-corrected chi connectivity index (χ1v) is 4.84. The van der Waals surface area contributed by atoms with Crippen LogP contribution in [0.5, 0.6) is 0 Å². The molecule has 2 rings (SSSR count). The summed E-state index contributed by atoms with van der Waals surface area (Å²) >= 11 is 7.89. The van der Waals surface area contributed by atoms with Crippen LogP contribution in [0.2, 0.25) is 5.15 Å². The highest BCUT2D eigenvalue weighted by molar-refractivity contribution is 14.1. The topological polar surface area (TPSA) is 68.2 Å². The molecule has 0 fully saturated rings. The standard InChI is InChI=1S/C6H5ClIN5/c7-4-1-3(11-9)6-10-2-5(8)13(6)12-4/h1-2,11H,9H2. The maximum Gasteiger partial charge on any atom is 0.179 e. The Kier molecular flexibility index (Phi) is 2.26. The van der Waals surface area contributed by atoms with E-state index >= 15 is 0 Å². The third-order valence-corrected chi connectivity index (χ3v) is 2.47. The average molecular weight is 309 g/mol. The van der Waals surface area contributed by atoms with Gasteiger partial charge in [0, 0.05) is 6.07 Å². The Labute approximate surface area is 92.4 Å². The first-order chi connectivity index (χ1) is 6.22. The van der Waals surface area contributed by atoms with Crippen molar-refractivity contribution in [1.82, 2.24) is 14.6 Å². The highest BCUT2D eigenvalue weighted by atomic mass is 127. The van der Waals surface area contributed by atoms with Crippen LogP contribution in [0.4, 0.5) is 5.69 Å². The van der Waals surface area contributed by atoms with Crippen LogP contribution in [0, 0.1) is 3.70 Å². The van der Waals surface area contributed by atoms with Crippen molar-refractivity contribution in [2.24, 2.45) is 5.84 Å². The third-order valence-electron chi connectivity index (χ3n) is 1.55. The number of hydrazine groups is 1. The van der Waals surface area contributed by atoms with Crippen molar-refractivity contribution < 1.29 is 0 Å². The number of anilines is 1. The number of nitrogens with one attached hydrogen (secondary N) is 1. The highest BCUT2D eigenvalue weighted by Crippen LogP contribution is 2.19. The molecule has 2 aromatic rings. The molecule has 0 radical (unpaired) electrons. The molecule has 68 valence electrons. The van der Waals surface area contributed by atoms with E-state index in [-0.39, 0.29) is 0 Å². The highest BCUT2D eigenvalue weighted by Gasteiger charge is 2.07. The average Bonchev–Trinajstić information content (AvgIpc) is 2.47. The SMILES string of the molecule is NNc1cc(Cl)nn2c(I)cnc12. The zero-order valence-electron chi connectivity index (χ0n) is 6.33. The summed E-state index contributed by atoms with van der Waals surface area (Å²) in [5.74, 6) is 5.30. The van der Waals surface area contributed by atoms with Crippen LogP contribution in [0.3, 0.4) is 0 Å². The van der Waals surface area contributed by atoms with Crippen LogP contribution in [-0.2, 0) is 0 Å². The van der Waals surface area contributed by atoms with Crippen LogP contribution in [0.25, 0.3) is 5.65 Å². The van der Waals surface area contributed by atoms with Gasteiger partial charge in [0.1, 0.15) is 3.70 Å². The number of nitrogens with two attached hydrogens (primary N) is 1. The molecule has 0 aliphatic carbocycles. The molecule has 7 heteroatoms. The van der Waals surface area contributed by atoms with Crippen molar-refractivity contribution in [2.75, 3.05) is 5.43 Å². The van der Waals surface area contributed by atoms with Crippen LogP contribution in [0.1, 0.15) is 0 Å². The molecule has 0 atom stereocenters. The molecule has 0 saturated heterocycles. The van der Waals surface area contributed by atoms with Crippen molar-refractivity contribution in [2.45, 2.75) is 0 Å². The lowest BCUT2D eigenvalue weighted by Gasteiger charge is -2.02. The maximum atomic E-state index is 5.77. The Balaban J connectivity index is 2.84. The quantitative estimate of drug-likeness (QED) is 0.473. The van der Waals surface area contributed by atoms with E-state index in [1.807, 2.05) is 0 Å². The largest absolute Gasteiger partial charge is 0.321 e. The summed E-state index contributed by atoms with van der Waals surface area (Å²) in [5.41, 5.74) is 3.83. The van der Waals surface area contributed by atoms with E-state index in [0.717, 1.165) is 3.70 Å². The molecule has 5 nitrogen and oxygen atoms in total. The molecule has 2 aromatic heterocycles. The second kappa shape index (κ2) is 3.28. The Bertz CT molecular complexity index is 453. The number of nitrogens with zero attached hydrogens (tertiary/aromatic N) is 3. The molecule has 3 N–H and O–H groups in total. The first-order valence-electron chi connectivity index (χ1n) is 3.39. The van der Waals surface area contributed by atoms with E-state index in [1.54, 1.807) is 16.8 Å². The van der Waals surface area contributed by atoms with Crippen molar-refractivity contribution in [3.63, 3.8) is 0 Å².